The minimum Gasteiger partial charge on any atom is -0.380 e. The van der Waals surface area contributed by atoms with E-state index in [-0.39, 0.29) is 0 Å². The third-order valence-corrected chi connectivity index (χ3v) is 3.35. The van der Waals surface area contributed by atoms with Crippen LogP contribution >= 0.6 is 0 Å². The molecule has 0 spiro atoms. The molecule has 108 valence electrons. The maximum atomic E-state index is 5.73. The van der Waals surface area contributed by atoms with Crippen molar-refractivity contribution in [2.75, 3.05) is 52.7 Å². The molecule has 0 aromatic heterocycles. The highest BCUT2D eigenvalue weighted by molar-refractivity contribution is 4.60. The van der Waals surface area contributed by atoms with Crippen molar-refractivity contribution in [3.8, 4) is 0 Å². The van der Waals surface area contributed by atoms with Crippen LogP contribution in [-0.2, 0) is 14.2 Å². The summed E-state index contributed by atoms with van der Waals surface area (Å²) in [5.41, 5.74) is 0. The smallest absolute Gasteiger partial charge is 0.0594 e. The van der Waals surface area contributed by atoms with E-state index in [9.17, 15) is 0 Å². The third kappa shape index (κ3) is 7.31. The molecular weight excluding hydrogens is 230 g/mol. The van der Waals surface area contributed by atoms with Gasteiger partial charge >= 0.3 is 0 Å². The van der Waals surface area contributed by atoms with E-state index in [0.29, 0.717) is 6.10 Å². The van der Waals surface area contributed by atoms with Crippen molar-refractivity contribution in [2.24, 2.45) is 0 Å². The summed E-state index contributed by atoms with van der Waals surface area (Å²) in [4.78, 5) is 2.39. The van der Waals surface area contributed by atoms with E-state index >= 15 is 0 Å². The second kappa shape index (κ2) is 10.7. The van der Waals surface area contributed by atoms with Gasteiger partial charge in [-0.05, 0) is 19.3 Å². The van der Waals surface area contributed by atoms with Crippen LogP contribution in [0.2, 0.25) is 0 Å². The predicted molar refractivity (Wildman–Crippen MR) is 73.0 cm³/mol. The van der Waals surface area contributed by atoms with Crippen LogP contribution in [0, 0.1) is 0 Å². The highest BCUT2D eigenvalue weighted by atomic mass is 16.5. The molecule has 1 aliphatic heterocycles. The summed E-state index contributed by atoms with van der Waals surface area (Å²) in [5.74, 6) is 0. The van der Waals surface area contributed by atoms with Gasteiger partial charge in [0.2, 0.25) is 0 Å². The quantitative estimate of drug-likeness (QED) is 0.561. The van der Waals surface area contributed by atoms with Crippen molar-refractivity contribution in [1.82, 2.24) is 4.90 Å². The first-order valence-electron chi connectivity index (χ1n) is 7.36. The van der Waals surface area contributed by atoms with E-state index in [2.05, 4.69) is 18.7 Å². The molecule has 0 amide bonds. The van der Waals surface area contributed by atoms with Crippen LogP contribution in [0.5, 0.6) is 0 Å². The molecule has 0 bridgehead atoms. The molecule has 1 saturated heterocycles. The van der Waals surface area contributed by atoms with E-state index in [0.717, 1.165) is 71.9 Å². The SMILES string of the molecule is CCC(CC)OCCCOCCN1CCOCC1. The molecule has 0 unspecified atom stereocenters. The van der Waals surface area contributed by atoms with Crippen LogP contribution in [0.15, 0.2) is 0 Å². The molecule has 0 atom stereocenters. The zero-order valence-electron chi connectivity index (χ0n) is 12.0. The van der Waals surface area contributed by atoms with Crippen molar-refractivity contribution >= 4 is 0 Å². The number of nitrogens with zero attached hydrogens (tertiary/aromatic N) is 1. The minimum atomic E-state index is 0.429. The summed E-state index contributed by atoms with van der Waals surface area (Å²) in [6.07, 6.45) is 3.64. The molecule has 0 aromatic carbocycles. The molecule has 1 fully saturated rings. The van der Waals surface area contributed by atoms with Gasteiger partial charge in [0, 0.05) is 32.8 Å². The molecule has 4 nitrogen and oxygen atoms in total. The first-order chi connectivity index (χ1) is 8.86. The standard InChI is InChI=1S/C14H29NO3/c1-3-14(4-2)18-10-5-9-16-11-6-15-7-12-17-13-8-15/h14H,3-13H2,1-2H3. The molecule has 1 rings (SSSR count). The van der Waals surface area contributed by atoms with E-state index in [1.165, 1.54) is 0 Å². The van der Waals surface area contributed by atoms with Crippen molar-refractivity contribution in [2.45, 2.75) is 39.2 Å². The van der Waals surface area contributed by atoms with Crippen LogP contribution in [0.25, 0.3) is 0 Å². The van der Waals surface area contributed by atoms with Gasteiger partial charge in [0.1, 0.15) is 0 Å². The Morgan fingerprint density at radius 3 is 2.44 bits per heavy atom. The number of hydrogen-bond donors (Lipinski definition) is 0. The summed E-state index contributed by atoms with van der Waals surface area (Å²) >= 11 is 0. The Labute approximate surface area is 112 Å². The Morgan fingerprint density at radius 2 is 1.78 bits per heavy atom. The molecule has 0 aliphatic carbocycles. The highest BCUT2D eigenvalue weighted by Crippen LogP contribution is 2.03. The molecule has 18 heavy (non-hydrogen) atoms. The van der Waals surface area contributed by atoms with Crippen LogP contribution in [-0.4, -0.2) is 63.7 Å². The molecule has 0 saturated carbocycles. The maximum Gasteiger partial charge on any atom is 0.0594 e. The Balaban J connectivity index is 1.83. The van der Waals surface area contributed by atoms with Gasteiger partial charge in [0.05, 0.1) is 25.9 Å². The summed E-state index contributed by atoms with van der Waals surface area (Å²) in [6.45, 7) is 11.6. The third-order valence-electron chi connectivity index (χ3n) is 3.35. The Kier molecular flexibility index (Phi) is 9.48. The highest BCUT2D eigenvalue weighted by Gasteiger charge is 2.09. The van der Waals surface area contributed by atoms with Gasteiger partial charge in [0.25, 0.3) is 0 Å². The number of hydrogen-bond acceptors (Lipinski definition) is 4. The molecule has 0 aromatic rings. The number of morpholine rings is 1. The average molecular weight is 259 g/mol. The molecule has 4 heteroatoms. The van der Waals surface area contributed by atoms with Crippen LogP contribution in [0.3, 0.4) is 0 Å². The lowest BCUT2D eigenvalue weighted by Crippen LogP contribution is -2.38. The summed E-state index contributed by atoms with van der Waals surface area (Å²) in [6, 6.07) is 0. The van der Waals surface area contributed by atoms with Crippen molar-refractivity contribution in [1.29, 1.82) is 0 Å². The van der Waals surface area contributed by atoms with Gasteiger partial charge in [-0.1, -0.05) is 13.8 Å². The summed E-state index contributed by atoms with van der Waals surface area (Å²) in [7, 11) is 0. The van der Waals surface area contributed by atoms with Crippen molar-refractivity contribution < 1.29 is 14.2 Å². The Morgan fingerprint density at radius 1 is 1.06 bits per heavy atom. The average Bonchev–Trinajstić information content (AvgIpc) is 2.43. The fourth-order valence-corrected chi connectivity index (χ4v) is 2.06. The second-order valence-electron chi connectivity index (χ2n) is 4.73. The van der Waals surface area contributed by atoms with Gasteiger partial charge in [-0.25, -0.2) is 0 Å². The first-order valence-corrected chi connectivity index (χ1v) is 7.36. The number of ether oxygens (including phenoxy) is 3. The van der Waals surface area contributed by atoms with Gasteiger partial charge < -0.3 is 14.2 Å². The van der Waals surface area contributed by atoms with E-state index in [1.54, 1.807) is 0 Å². The maximum absolute atomic E-state index is 5.73. The van der Waals surface area contributed by atoms with E-state index < -0.39 is 0 Å². The van der Waals surface area contributed by atoms with Gasteiger partial charge in [0.15, 0.2) is 0 Å². The summed E-state index contributed by atoms with van der Waals surface area (Å²) < 4.78 is 16.7. The van der Waals surface area contributed by atoms with Crippen molar-refractivity contribution in [3.05, 3.63) is 0 Å². The normalized spacial score (nSPS) is 17.5. The largest absolute Gasteiger partial charge is 0.380 e. The lowest BCUT2D eigenvalue weighted by Gasteiger charge is -2.26. The number of rotatable bonds is 10. The zero-order chi connectivity index (χ0) is 13.1. The lowest BCUT2D eigenvalue weighted by molar-refractivity contribution is 0.00984. The second-order valence-corrected chi connectivity index (χ2v) is 4.73. The van der Waals surface area contributed by atoms with Crippen LogP contribution < -0.4 is 0 Å². The molecular formula is C14H29NO3. The van der Waals surface area contributed by atoms with Gasteiger partial charge in [-0.2, -0.15) is 0 Å². The topological polar surface area (TPSA) is 30.9 Å². The summed E-state index contributed by atoms with van der Waals surface area (Å²) in [5, 5.41) is 0. The Bertz CT molecular complexity index is 180. The molecule has 0 N–H and O–H groups in total. The molecule has 1 heterocycles. The van der Waals surface area contributed by atoms with Crippen molar-refractivity contribution in [3.63, 3.8) is 0 Å². The van der Waals surface area contributed by atoms with E-state index in [4.69, 9.17) is 14.2 Å². The zero-order valence-corrected chi connectivity index (χ0v) is 12.0. The van der Waals surface area contributed by atoms with Crippen LogP contribution in [0.1, 0.15) is 33.1 Å². The fourth-order valence-electron chi connectivity index (χ4n) is 2.06. The van der Waals surface area contributed by atoms with Crippen LogP contribution in [0.4, 0.5) is 0 Å². The van der Waals surface area contributed by atoms with Gasteiger partial charge in [-0.3, -0.25) is 4.90 Å². The predicted octanol–water partition coefficient (Wildman–Crippen LogP) is 1.93. The fraction of sp³-hybridized carbons (Fsp3) is 1.00. The molecule has 1 aliphatic rings. The monoisotopic (exact) mass is 259 g/mol. The first kappa shape index (κ1) is 15.9. The lowest BCUT2D eigenvalue weighted by atomic mass is 10.2. The minimum absolute atomic E-state index is 0.429. The van der Waals surface area contributed by atoms with Gasteiger partial charge in [-0.15, -0.1) is 0 Å². The molecule has 0 radical (unpaired) electrons. The van der Waals surface area contributed by atoms with E-state index in [1.807, 2.05) is 0 Å². The Hall–Kier alpha value is -0.160.